The van der Waals surface area contributed by atoms with E-state index >= 15 is 0 Å². The molecule has 0 saturated carbocycles. The van der Waals surface area contributed by atoms with Gasteiger partial charge < -0.3 is 14.6 Å². The van der Waals surface area contributed by atoms with Gasteiger partial charge in [-0.3, -0.25) is 0 Å². The van der Waals surface area contributed by atoms with Crippen LogP contribution in [0.2, 0.25) is 0 Å². The van der Waals surface area contributed by atoms with Crippen molar-refractivity contribution in [3.63, 3.8) is 0 Å². The van der Waals surface area contributed by atoms with Gasteiger partial charge in [0.15, 0.2) is 17.3 Å². The first-order valence-electron chi connectivity index (χ1n) is 5.02. The highest BCUT2D eigenvalue weighted by molar-refractivity contribution is 5.54. The summed E-state index contributed by atoms with van der Waals surface area (Å²) in [5.41, 5.74) is 0.983. The fraction of sp³-hybridized carbons (Fsp3) is 0.417. The molecular formula is C12H15FO3. The lowest BCUT2D eigenvalue weighted by molar-refractivity contribution is -0.108. The zero-order valence-corrected chi connectivity index (χ0v) is 9.58. The van der Waals surface area contributed by atoms with Gasteiger partial charge in [0.2, 0.25) is 0 Å². The molecule has 0 aliphatic rings. The topological polar surface area (TPSA) is 46.5 Å². The Morgan fingerprint density at radius 3 is 2.75 bits per heavy atom. The minimum absolute atomic E-state index is 0.138. The minimum atomic E-state index is -0.711. The molecule has 0 aliphatic carbocycles. The quantitative estimate of drug-likeness (QED) is 0.802. The van der Waals surface area contributed by atoms with Gasteiger partial charge in [-0.1, -0.05) is 6.92 Å². The summed E-state index contributed by atoms with van der Waals surface area (Å²) in [5.74, 6) is -1.32. The molecule has 16 heavy (non-hydrogen) atoms. The molecule has 1 unspecified atom stereocenters. The molecule has 0 fully saturated rings. The maximum absolute atomic E-state index is 13.8. The maximum atomic E-state index is 13.8. The molecule has 1 aromatic carbocycles. The molecule has 0 aromatic heterocycles. The van der Waals surface area contributed by atoms with E-state index in [1.807, 2.05) is 0 Å². The van der Waals surface area contributed by atoms with Crippen LogP contribution in [0.5, 0.6) is 11.5 Å². The number of phenolic OH excluding ortho intramolecular Hbond substituents is 1. The largest absolute Gasteiger partial charge is 0.502 e. The highest BCUT2D eigenvalue weighted by atomic mass is 19.1. The van der Waals surface area contributed by atoms with Gasteiger partial charge in [0.25, 0.3) is 0 Å². The van der Waals surface area contributed by atoms with Gasteiger partial charge in [-0.05, 0) is 30.0 Å². The van der Waals surface area contributed by atoms with E-state index in [4.69, 9.17) is 4.74 Å². The third-order valence-electron chi connectivity index (χ3n) is 2.59. The number of carbonyl (C=O) groups is 1. The molecule has 0 heterocycles. The summed E-state index contributed by atoms with van der Waals surface area (Å²) in [5, 5.41) is 9.59. The van der Waals surface area contributed by atoms with Crippen molar-refractivity contribution in [1.82, 2.24) is 0 Å². The van der Waals surface area contributed by atoms with Crippen LogP contribution in [0.1, 0.15) is 30.4 Å². The fourth-order valence-electron chi connectivity index (χ4n) is 1.67. The minimum Gasteiger partial charge on any atom is -0.502 e. The second-order valence-corrected chi connectivity index (χ2v) is 3.78. The van der Waals surface area contributed by atoms with Crippen molar-refractivity contribution < 1.29 is 19.0 Å². The molecule has 4 heteroatoms. The Balaban J connectivity index is 3.27. The second-order valence-electron chi connectivity index (χ2n) is 3.78. The van der Waals surface area contributed by atoms with Crippen molar-refractivity contribution in [2.24, 2.45) is 0 Å². The molecular weight excluding hydrogens is 211 g/mol. The van der Waals surface area contributed by atoms with Crippen LogP contribution in [0, 0.1) is 12.7 Å². The van der Waals surface area contributed by atoms with Gasteiger partial charge in [0, 0.05) is 6.42 Å². The predicted octanol–water partition coefficient (Wildman–Crippen LogP) is 2.54. The highest BCUT2D eigenvalue weighted by Crippen LogP contribution is 2.37. The number of aldehydes is 1. The van der Waals surface area contributed by atoms with Crippen molar-refractivity contribution in [3.05, 3.63) is 23.0 Å². The van der Waals surface area contributed by atoms with Crippen LogP contribution >= 0.6 is 0 Å². The number of phenols is 1. The number of aromatic hydroxyl groups is 1. The van der Waals surface area contributed by atoms with Crippen molar-refractivity contribution in [2.45, 2.75) is 26.2 Å². The summed E-state index contributed by atoms with van der Waals surface area (Å²) in [7, 11) is 1.37. The smallest absolute Gasteiger partial charge is 0.194 e. The lowest BCUT2D eigenvalue weighted by Gasteiger charge is -2.15. The van der Waals surface area contributed by atoms with Gasteiger partial charge in [0.05, 0.1) is 7.11 Å². The molecule has 1 N–H and O–H groups in total. The molecule has 1 aromatic rings. The zero-order valence-electron chi connectivity index (χ0n) is 9.58. The molecule has 0 amide bonds. The van der Waals surface area contributed by atoms with E-state index in [0.717, 1.165) is 6.29 Å². The normalized spacial score (nSPS) is 12.2. The Hall–Kier alpha value is -1.58. The Morgan fingerprint density at radius 2 is 2.25 bits per heavy atom. The number of aryl methyl sites for hydroxylation is 1. The molecule has 0 aliphatic heterocycles. The third-order valence-corrected chi connectivity index (χ3v) is 2.59. The zero-order chi connectivity index (χ0) is 12.3. The average molecular weight is 226 g/mol. The van der Waals surface area contributed by atoms with Gasteiger partial charge in [0.1, 0.15) is 6.29 Å². The lowest BCUT2D eigenvalue weighted by atomic mass is 9.95. The summed E-state index contributed by atoms with van der Waals surface area (Å²) >= 11 is 0. The number of halogens is 1. The molecule has 1 rings (SSSR count). The first kappa shape index (κ1) is 12.5. The van der Waals surface area contributed by atoms with Crippen LogP contribution in [0.25, 0.3) is 0 Å². The summed E-state index contributed by atoms with van der Waals surface area (Å²) in [6.07, 6.45) is 0.961. The third kappa shape index (κ3) is 2.15. The van der Waals surface area contributed by atoms with Crippen LogP contribution < -0.4 is 4.74 Å². The Kier molecular flexibility index (Phi) is 3.88. The van der Waals surface area contributed by atoms with Gasteiger partial charge in [-0.15, -0.1) is 0 Å². The Labute approximate surface area is 93.9 Å². The molecule has 0 saturated heterocycles. The van der Waals surface area contributed by atoms with Crippen LogP contribution in [-0.4, -0.2) is 18.5 Å². The molecule has 1 atom stereocenters. The van der Waals surface area contributed by atoms with Crippen molar-refractivity contribution >= 4 is 6.29 Å². The molecule has 0 bridgehead atoms. The van der Waals surface area contributed by atoms with E-state index in [0.29, 0.717) is 11.1 Å². The number of methoxy groups -OCH3 is 1. The highest BCUT2D eigenvalue weighted by Gasteiger charge is 2.19. The number of benzene rings is 1. The standard InChI is InChI=1S/C12H15FO3/c1-7(4-5-14)9-6-8(2)12(16-3)11(15)10(9)13/h5-7,15H,4H2,1-3H3. The van der Waals surface area contributed by atoms with Crippen LogP contribution in [0.3, 0.4) is 0 Å². The summed E-state index contributed by atoms with van der Waals surface area (Å²) < 4.78 is 18.6. The van der Waals surface area contributed by atoms with E-state index < -0.39 is 11.6 Å². The number of carbonyl (C=O) groups excluding carboxylic acids is 1. The monoisotopic (exact) mass is 226 g/mol. The molecule has 0 spiro atoms. The van der Waals surface area contributed by atoms with E-state index in [-0.39, 0.29) is 18.1 Å². The van der Waals surface area contributed by atoms with Crippen LogP contribution in [-0.2, 0) is 4.79 Å². The van der Waals surface area contributed by atoms with Crippen molar-refractivity contribution in [1.29, 1.82) is 0 Å². The number of hydrogen-bond donors (Lipinski definition) is 1. The van der Waals surface area contributed by atoms with E-state index in [9.17, 15) is 14.3 Å². The summed E-state index contributed by atoms with van der Waals surface area (Å²) in [6.45, 7) is 3.45. The number of ether oxygens (including phenoxy) is 1. The number of hydrogen-bond acceptors (Lipinski definition) is 3. The van der Waals surface area contributed by atoms with Crippen LogP contribution in [0.15, 0.2) is 6.07 Å². The Morgan fingerprint density at radius 1 is 1.62 bits per heavy atom. The fourth-order valence-corrected chi connectivity index (χ4v) is 1.67. The van der Waals surface area contributed by atoms with Gasteiger partial charge >= 0.3 is 0 Å². The van der Waals surface area contributed by atoms with Crippen LogP contribution in [0.4, 0.5) is 4.39 Å². The number of rotatable bonds is 4. The second kappa shape index (κ2) is 4.96. The van der Waals surface area contributed by atoms with Crippen molar-refractivity contribution in [2.75, 3.05) is 7.11 Å². The Bertz CT molecular complexity index is 402. The first-order valence-corrected chi connectivity index (χ1v) is 5.02. The average Bonchev–Trinajstić information content (AvgIpc) is 2.24. The maximum Gasteiger partial charge on any atom is 0.194 e. The molecule has 88 valence electrons. The summed E-state index contributed by atoms with van der Waals surface area (Å²) in [4.78, 5) is 10.4. The van der Waals surface area contributed by atoms with Crippen molar-refractivity contribution in [3.8, 4) is 11.5 Å². The van der Waals surface area contributed by atoms with E-state index in [2.05, 4.69) is 0 Å². The lowest BCUT2D eigenvalue weighted by Crippen LogP contribution is -2.01. The summed E-state index contributed by atoms with van der Waals surface area (Å²) in [6, 6.07) is 1.60. The first-order chi connectivity index (χ1) is 7.52. The van der Waals surface area contributed by atoms with E-state index in [1.165, 1.54) is 7.11 Å². The SMILES string of the molecule is COc1c(C)cc(C(C)CC=O)c(F)c1O. The predicted molar refractivity (Wildman–Crippen MR) is 58.4 cm³/mol. The van der Waals surface area contributed by atoms with Gasteiger partial charge in [-0.25, -0.2) is 4.39 Å². The molecule has 3 nitrogen and oxygen atoms in total. The van der Waals surface area contributed by atoms with Gasteiger partial charge in [-0.2, -0.15) is 0 Å². The molecule has 0 radical (unpaired) electrons. The van der Waals surface area contributed by atoms with E-state index in [1.54, 1.807) is 19.9 Å².